The first-order chi connectivity index (χ1) is 10.8. The molecule has 0 radical (unpaired) electrons. The van der Waals surface area contributed by atoms with Crippen LogP contribution in [0.25, 0.3) is 0 Å². The van der Waals surface area contributed by atoms with E-state index in [-0.39, 0.29) is 29.8 Å². The van der Waals surface area contributed by atoms with Gasteiger partial charge in [0.15, 0.2) is 6.33 Å². The summed E-state index contributed by atoms with van der Waals surface area (Å²) in [7, 11) is 0. The molecule has 0 spiro atoms. The van der Waals surface area contributed by atoms with Crippen LogP contribution in [0.4, 0.5) is 0 Å². The van der Waals surface area contributed by atoms with Crippen molar-refractivity contribution in [3.05, 3.63) is 48.1 Å². The zero-order valence-corrected chi connectivity index (χ0v) is 13.3. The van der Waals surface area contributed by atoms with E-state index in [1.54, 1.807) is 0 Å². The summed E-state index contributed by atoms with van der Waals surface area (Å²) in [5, 5.41) is 6.99. The molecule has 1 saturated heterocycles. The topological polar surface area (TPSA) is 77.2 Å². The van der Waals surface area contributed by atoms with Crippen molar-refractivity contribution in [2.24, 2.45) is 5.41 Å². The van der Waals surface area contributed by atoms with Gasteiger partial charge in [-0.3, -0.25) is 4.79 Å². The smallest absolute Gasteiger partial charge is 0.323 e. The van der Waals surface area contributed by atoms with Crippen LogP contribution in [0.15, 0.2) is 41.2 Å². The predicted molar refractivity (Wildman–Crippen MR) is 83.9 cm³/mol. The van der Waals surface area contributed by atoms with Gasteiger partial charge in [0.2, 0.25) is 5.89 Å². The molecule has 2 fully saturated rings. The number of carbonyl (C=O) groups excluding carboxylic acids is 1. The highest BCUT2D eigenvalue weighted by Crippen LogP contribution is 2.56. The molecule has 3 atom stereocenters. The van der Waals surface area contributed by atoms with E-state index in [4.69, 9.17) is 9.26 Å². The van der Waals surface area contributed by atoms with Gasteiger partial charge in [-0.05, 0) is 23.8 Å². The van der Waals surface area contributed by atoms with Gasteiger partial charge in [-0.25, -0.2) is 0 Å². The van der Waals surface area contributed by atoms with E-state index in [9.17, 15) is 4.79 Å². The summed E-state index contributed by atoms with van der Waals surface area (Å²) in [6.07, 6.45) is 3.97. The number of hydrogen-bond donors (Lipinski definition) is 1. The molecule has 0 amide bonds. The third-order valence-corrected chi connectivity index (χ3v) is 4.62. The minimum atomic E-state index is -0.231. The maximum Gasteiger partial charge on any atom is 0.323 e. The minimum absolute atomic E-state index is 0. The maximum absolute atomic E-state index is 12.2. The van der Waals surface area contributed by atoms with Crippen molar-refractivity contribution in [1.29, 1.82) is 0 Å². The number of nitrogens with one attached hydrogen (secondary N) is 1. The molecular weight excluding hydrogens is 318 g/mol. The lowest BCUT2D eigenvalue weighted by Crippen LogP contribution is -2.35. The van der Waals surface area contributed by atoms with Crippen LogP contribution < -0.4 is 5.32 Å². The second-order valence-corrected chi connectivity index (χ2v) is 6.15. The Morgan fingerprint density at radius 2 is 2.17 bits per heavy atom. The fourth-order valence-electron chi connectivity index (χ4n) is 3.34. The lowest BCUT2D eigenvalue weighted by atomic mass is 9.96. The van der Waals surface area contributed by atoms with E-state index in [1.165, 1.54) is 6.33 Å². The molecule has 1 aromatic carbocycles. The largest absolute Gasteiger partial charge is 0.460 e. The van der Waals surface area contributed by atoms with Crippen LogP contribution in [0, 0.1) is 5.41 Å². The predicted octanol–water partition coefficient (Wildman–Crippen LogP) is 1.90. The molecule has 2 aliphatic rings. The zero-order valence-electron chi connectivity index (χ0n) is 12.5. The summed E-state index contributed by atoms with van der Waals surface area (Å²) in [4.78, 5) is 16.3. The van der Waals surface area contributed by atoms with Gasteiger partial charge in [0.05, 0.1) is 0 Å². The van der Waals surface area contributed by atoms with E-state index in [2.05, 4.69) is 15.5 Å². The number of aromatic nitrogens is 2. The quantitative estimate of drug-likeness (QED) is 0.841. The number of benzene rings is 1. The van der Waals surface area contributed by atoms with E-state index < -0.39 is 0 Å². The minimum Gasteiger partial charge on any atom is -0.460 e. The number of hydrogen-bond acceptors (Lipinski definition) is 6. The zero-order chi connectivity index (χ0) is 15.0. The third-order valence-electron chi connectivity index (χ3n) is 4.62. The van der Waals surface area contributed by atoms with Crippen molar-refractivity contribution >= 4 is 18.4 Å². The number of fused-ring (bicyclic) bond motifs is 1. The Balaban J connectivity index is 0.00000156. The van der Waals surface area contributed by atoms with Gasteiger partial charge >= 0.3 is 5.97 Å². The molecule has 23 heavy (non-hydrogen) atoms. The number of nitrogens with zero attached hydrogens (tertiary/aromatic N) is 2. The number of halogens is 1. The van der Waals surface area contributed by atoms with Crippen molar-refractivity contribution < 1.29 is 14.1 Å². The molecule has 122 valence electrons. The molecule has 1 saturated carbocycles. The SMILES string of the molecule is Cl.O=C(OCc1ccccc1)[C@@H]1C[C@]2(Cc3ncno3)C[C@@H]2N1. The molecule has 2 aromatic rings. The van der Waals surface area contributed by atoms with Crippen molar-refractivity contribution in [2.45, 2.75) is 38.0 Å². The number of esters is 1. The van der Waals surface area contributed by atoms with Crippen molar-refractivity contribution in [2.75, 3.05) is 0 Å². The maximum atomic E-state index is 12.2. The summed E-state index contributed by atoms with van der Waals surface area (Å²) in [6, 6.07) is 9.84. The highest BCUT2D eigenvalue weighted by Gasteiger charge is 2.62. The Labute approximate surface area is 140 Å². The van der Waals surface area contributed by atoms with Crippen molar-refractivity contribution in [3.63, 3.8) is 0 Å². The fraction of sp³-hybridized carbons (Fsp3) is 0.438. The summed E-state index contributed by atoms with van der Waals surface area (Å²) in [5.74, 6) is 0.462. The molecule has 7 heteroatoms. The van der Waals surface area contributed by atoms with Crippen LogP contribution >= 0.6 is 12.4 Å². The summed E-state index contributed by atoms with van der Waals surface area (Å²) < 4.78 is 10.5. The van der Waals surface area contributed by atoms with Crippen LogP contribution in [0.3, 0.4) is 0 Å². The molecule has 0 unspecified atom stereocenters. The van der Waals surface area contributed by atoms with Crippen molar-refractivity contribution in [1.82, 2.24) is 15.5 Å². The molecule has 1 aliphatic heterocycles. The number of piperidine rings is 1. The van der Waals surface area contributed by atoms with Gasteiger partial charge in [-0.15, -0.1) is 12.4 Å². The van der Waals surface area contributed by atoms with Crippen LogP contribution in [0.5, 0.6) is 0 Å². The molecule has 6 nitrogen and oxygen atoms in total. The fourth-order valence-corrected chi connectivity index (χ4v) is 3.34. The molecule has 1 aliphatic carbocycles. The Hall–Kier alpha value is -1.92. The number of carbonyl (C=O) groups is 1. The second-order valence-electron chi connectivity index (χ2n) is 6.15. The van der Waals surface area contributed by atoms with Gasteiger partial charge in [-0.2, -0.15) is 4.98 Å². The molecule has 1 aromatic heterocycles. The van der Waals surface area contributed by atoms with E-state index >= 15 is 0 Å². The standard InChI is InChI=1S/C16H17N3O3.ClH/c20-15(21-9-11-4-2-1-3-5-11)12-6-16(7-13(16)19-12)8-14-17-10-18-22-14;/h1-5,10,12-13,19H,6-9H2;1H/t12-,13-,16+;/m0./s1. The number of ether oxygens (including phenoxy) is 1. The van der Waals surface area contributed by atoms with Crippen LogP contribution in [0.1, 0.15) is 24.3 Å². The highest BCUT2D eigenvalue weighted by molar-refractivity contribution is 5.85. The van der Waals surface area contributed by atoms with Crippen LogP contribution in [-0.4, -0.2) is 28.2 Å². The first-order valence-corrected chi connectivity index (χ1v) is 7.47. The summed E-state index contributed by atoms with van der Waals surface area (Å²) in [6.45, 7) is 0.319. The lowest BCUT2D eigenvalue weighted by Gasteiger charge is -2.14. The van der Waals surface area contributed by atoms with Gasteiger partial charge in [-0.1, -0.05) is 35.5 Å². The second kappa shape index (κ2) is 6.29. The first-order valence-electron chi connectivity index (χ1n) is 7.47. The van der Waals surface area contributed by atoms with E-state index in [0.717, 1.165) is 24.8 Å². The first kappa shape index (κ1) is 16.0. The van der Waals surface area contributed by atoms with E-state index in [0.29, 0.717) is 18.5 Å². The van der Waals surface area contributed by atoms with Gasteiger partial charge < -0.3 is 14.6 Å². The number of rotatable bonds is 5. The van der Waals surface area contributed by atoms with Gasteiger partial charge in [0.25, 0.3) is 0 Å². The van der Waals surface area contributed by atoms with E-state index in [1.807, 2.05) is 30.3 Å². The van der Waals surface area contributed by atoms with Gasteiger partial charge in [0.1, 0.15) is 12.6 Å². The Morgan fingerprint density at radius 1 is 1.35 bits per heavy atom. The molecule has 4 rings (SSSR count). The third kappa shape index (κ3) is 3.23. The lowest BCUT2D eigenvalue weighted by molar-refractivity contribution is -0.147. The Bertz CT molecular complexity index is 664. The molecule has 1 N–H and O–H groups in total. The highest BCUT2D eigenvalue weighted by atomic mass is 35.5. The van der Waals surface area contributed by atoms with Crippen LogP contribution in [0.2, 0.25) is 0 Å². The molecular formula is C16H18ClN3O3. The summed E-state index contributed by atoms with van der Waals surface area (Å²) >= 11 is 0. The van der Waals surface area contributed by atoms with Crippen molar-refractivity contribution in [3.8, 4) is 0 Å². The monoisotopic (exact) mass is 335 g/mol. The Morgan fingerprint density at radius 3 is 2.91 bits per heavy atom. The Kier molecular flexibility index (Phi) is 4.37. The normalized spacial score (nSPS) is 27.8. The average molecular weight is 336 g/mol. The molecule has 2 heterocycles. The molecule has 0 bridgehead atoms. The van der Waals surface area contributed by atoms with Gasteiger partial charge in [0, 0.05) is 12.5 Å². The van der Waals surface area contributed by atoms with Crippen LogP contribution in [-0.2, 0) is 22.6 Å². The summed E-state index contributed by atoms with van der Waals surface area (Å²) in [5.41, 5.74) is 1.09. The average Bonchev–Trinajstić information content (AvgIpc) is 2.92.